The molecule has 5 nitrogen and oxygen atoms in total. The van der Waals surface area contributed by atoms with Crippen LogP contribution in [-0.2, 0) is 9.59 Å². The average molecular weight is 416 g/mol. The predicted molar refractivity (Wildman–Crippen MR) is 107 cm³/mol. The minimum Gasteiger partial charge on any atom is -0.346 e. The molecule has 0 atom stereocenters. The van der Waals surface area contributed by atoms with Gasteiger partial charge in [-0.3, -0.25) is 9.59 Å². The van der Waals surface area contributed by atoms with Crippen LogP contribution in [0.15, 0.2) is 40.9 Å². The number of hydrogen-bond donors (Lipinski definition) is 2. The predicted octanol–water partition coefficient (Wildman–Crippen LogP) is 3.97. The summed E-state index contributed by atoms with van der Waals surface area (Å²) in [6, 6.07) is 10.0. The molecule has 0 radical (unpaired) electrons. The van der Waals surface area contributed by atoms with E-state index in [1.165, 1.54) is 30.3 Å². The SMILES string of the molecule is Cc1cc(/C=C/C(=O)NCC(=O)Nc2ccccc2Br)c(C)n1C1CC1. The third kappa shape index (κ3) is 4.43. The van der Waals surface area contributed by atoms with E-state index in [-0.39, 0.29) is 18.4 Å². The number of halogens is 1. The molecule has 1 fully saturated rings. The fourth-order valence-corrected chi connectivity index (χ4v) is 3.40. The summed E-state index contributed by atoms with van der Waals surface area (Å²) in [5.41, 5.74) is 4.12. The molecule has 2 amide bonds. The number of nitrogens with zero attached hydrogens (tertiary/aromatic N) is 1. The molecule has 1 saturated carbocycles. The molecular formula is C20H22BrN3O2. The molecule has 0 bridgehead atoms. The van der Waals surface area contributed by atoms with Gasteiger partial charge < -0.3 is 15.2 Å². The Kier molecular flexibility index (Phi) is 5.61. The molecular weight excluding hydrogens is 394 g/mol. The molecule has 1 heterocycles. The van der Waals surface area contributed by atoms with E-state index in [9.17, 15) is 9.59 Å². The standard InChI is InChI=1S/C20H22BrN3O2/c1-13-11-15(14(2)24(13)16-8-9-16)7-10-19(25)22-12-20(26)23-18-6-4-3-5-17(18)21/h3-7,10-11,16H,8-9,12H2,1-2H3,(H,22,25)(H,23,26)/b10-7+. The maximum Gasteiger partial charge on any atom is 0.244 e. The normalized spacial score (nSPS) is 13.8. The number of rotatable bonds is 6. The Labute approximate surface area is 161 Å². The zero-order valence-electron chi connectivity index (χ0n) is 14.9. The summed E-state index contributed by atoms with van der Waals surface area (Å²) in [7, 11) is 0. The summed E-state index contributed by atoms with van der Waals surface area (Å²) in [4.78, 5) is 23.9. The van der Waals surface area contributed by atoms with Gasteiger partial charge in [0.15, 0.2) is 0 Å². The van der Waals surface area contributed by atoms with Crippen LogP contribution in [0.4, 0.5) is 5.69 Å². The van der Waals surface area contributed by atoms with Crippen molar-refractivity contribution in [3.05, 3.63) is 57.8 Å². The van der Waals surface area contributed by atoms with Gasteiger partial charge >= 0.3 is 0 Å². The summed E-state index contributed by atoms with van der Waals surface area (Å²) in [6.45, 7) is 4.09. The number of para-hydroxylation sites is 1. The van der Waals surface area contributed by atoms with E-state index in [4.69, 9.17) is 0 Å². The number of amides is 2. The first-order valence-electron chi connectivity index (χ1n) is 8.64. The lowest BCUT2D eigenvalue weighted by Gasteiger charge is -2.07. The van der Waals surface area contributed by atoms with Gasteiger partial charge in [0, 0.05) is 28.0 Å². The van der Waals surface area contributed by atoms with Crippen molar-refractivity contribution in [2.45, 2.75) is 32.7 Å². The molecule has 0 unspecified atom stereocenters. The molecule has 0 aliphatic heterocycles. The van der Waals surface area contributed by atoms with Crippen molar-refractivity contribution in [2.24, 2.45) is 0 Å². The Morgan fingerprint density at radius 3 is 2.69 bits per heavy atom. The number of anilines is 1. The number of carbonyl (C=O) groups is 2. The van der Waals surface area contributed by atoms with Gasteiger partial charge in [-0.15, -0.1) is 0 Å². The van der Waals surface area contributed by atoms with Gasteiger partial charge in [0.1, 0.15) is 0 Å². The van der Waals surface area contributed by atoms with Gasteiger partial charge in [-0.2, -0.15) is 0 Å². The molecule has 26 heavy (non-hydrogen) atoms. The highest BCUT2D eigenvalue weighted by molar-refractivity contribution is 9.10. The van der Waals surface area contributed by atoms with Crippen LogP contribution >= 0.6 is 15.9 Å². The second-order valence-corrected chi connectivity index (χ2v) is 7.36. The summed E-state index contributed by atoms with van der Waals surface area (Å²) in [5, 5.41) is 5.36. The Morgan fingerprint density at radius 2 is 2.00 bits per heavy atom. The first kappa shape index (κ1) is 18.5. The maximum absolute atomic E-state index is 12.0. The summed E-state index contributed by atoms with van der Waals surface area (Å²) in [5.74, 6) is -0.561. The minimum atomic E-state index is -0.288. The number of hydrogen-bond acceptors (Lipinski definition) is 2. The van der Waals surface area contributed by atoms with E-state index >= 15 is 0 Å². The number of benzene rings is 1. The highest BCUT2D eigenvalue weighted by atomic mass is 79.9. The monoisotopic (exact) mass is 415 g/mol. The summed E-state index contributed by atoms with van der Waals surface area (Å²) >= 11 is 3.37. The van der Waals surface area contributed by atoms with E-state index in [0.717, 1.165) is 10.0 Å². The third-order valence-corrected chi connectivity index (χ3v) is 5.11. The molecule has 2 aromatic rings. The molecule has 2 N–H and O–H groups in total. The van der Waals surface area contributed by atoms with Crippen molar-refractivity contribution < 1.29 is 9.59 Å². The van der Waals surface area contributed by atoms with Crippen molar-refractivity contribution >= 4 is 39.5 Å². The highest BCUT2D eigenvalue weighted by Crippen LogP contribution is 2.38. The quantitative estimate of drug-likeness (QED) is 0.700. The van der Waals surface area contributed by atoms with Crippen molar-refractivity contribution in [1.82, 2.24) is 9.88 Å². The zero-order valence-corrected chi connectivity index (χ0v) is 16.5. The topological polar surface area (TPSA) is 63.1 Å². The fraction of sp³-hybridized carbons (Fsp3) is 0.300. The van der Waals surface area contributed by atoms with Crippen molar-refractivity contribution in [3.63, 3.8) is 0 Å². The molecule has 136 valence electrons. The maximum atomic E-state index is 12.0. The first-order chi connectivity index (χ1) is 12.5. The number of carbonyl (C=O) groups excluding carboxylic acids is 2. The Hall–Kier alpha value is -2.34. The lowest BCUT2D eigenvalue weighted by Crippen LogP contribution is -2.31. The number of aryl methyl sites for hydroxylation is 1. The molecule has 1 aromatic carbocycles. The second kappa shape index (κ2) is 7.91. The van der Waals surface area contributed by atoms with Crippen molar-refractivity contribution in [2.75, 3.05) is 11.9 Å². The molecule has 1 aromatic heterocycles. The van der Waals surface area contributed by atoms with Crippen LogP contribution in [0.3, 0.4) is 0 Å². The third-order valence-electron chi connectivity index (χ3n) is 4.42. The van der Waals surface area contributed by atoms with Crippen LogP contribution in [0, 0.1) is 13.8 Å². The minimum absolute atomic E-state index is 0.0778. The van der Waals surface area contributed by atoms with Crippen LogP contribution < -0.4 is 10.6 Å². The van der Waals surface area contributed by atoms with Gasteiger partial charge in [-0.1, -0.05) is 12.1 Å². The molecule has 0 spiro atoms. The first-order valence-corrected chi connectivity index (χ1v) is 9.43. The van der Waals surface area contributed by atoms with E-state index in [1.807, 2.05) is 24.3 Å². The van der Waals surface area contributed by atoms with Gasteiger partial charge in [0.05, 0.1) is 12.2 Å². The van der Waals surface area contributed by atoms with Crippen molar-refractivity contribution in [1.29, 1.82) is 0 Å². The smallest absolute Gasteiger partial charge is 0.244 e. The Morgan fingerprint density at radius 1 is 1.27 bits per heavy atom. The zero-order chi connectivity index (χ0) is 18.7. The van der Waals surface area contributed by atoms with E-state index < -0.39 is 0 Å². The van der Waals surface area contributed by atoms with Crippen LogP contribution in [-0.4, -0.2) is 22.9 Å². The van der Waals surface area contributed by atoms with Gasteiger partial charge in [0.2, 0.25) is 11.8 Å². The second-order valence-electron chi connectivity index (χ2n) is 6.51. The number of aromatic nitrogens is 1. The lowest BCUT2D eigenvalue weighted by molar-refractivity contribution is -0.121. The molecule has 6 heteroatoms. The Balaban J connectivity index is 1.53. The fourth-order valence-electron chi connectivity index (χ4n) is 3.01. The van der Waals surface area contributed by atoms with E-state index in [0.29, 0.717) is 11.7 Å². The average Bonchev–Trinajstić information content (AvgIpc) is 3.39. The van der Waals surface area contributed by atoms with E-state index in [1.54, 1.807) is 6.07 Å². The van der Waals surface area contributed by atoms with E-state index in [2.05, 4.69) is 51.0 Å². The van der Waals surface area contributed by atoms with Crippen LogP contribution in [0.2, 0.25) is 0 Å². The lowest BCUT2D eigenvalue weighted by atomic mass is 10.2. The molecule has 1 aliphatic carbocycles. The molecule has 3 rings (SSSR count). The Bertz CT molecular complexity index is 866. The summed E-state index contributed by atoms with van der Waals surface area (Å²) in [6.07, 6.45) is 5.74. The molecule has 0 saturated heterocycles. The highest BCUT2D eigenvalue weighted by Gasteiger charge is 2.26. The van der Waals surface area contributed by atoms with Gasteiger partial charge in [-0.25, -0.2) is 0 Å². The van der Waals surface area contributed by atoms with Crippen molar-refractivity contribution in [3.8, 4) is 0 Å². The van der Waals surface area contributed by atoms with Gasteiger partial charge in [0.25, 0.3) is 0 Å². The molecule has 1 aliphatic rings. The number of nitrogens with one attached hydrogen (secondary N) is 2. The van der Waals surface area contributed by atoms with Crippen LogP contribution in [0.5, 0.6) is 0 Å². The van der Waals surface area contributed by atoms with Gasteiger partial charge in [-0.05, 0) is 72.5 Å². The largest absolute Gasteiger partial charge is 0.346 e. The summed E-state index contributed by atoms with van der Waals surface area (Å²) < 4.78 is 3.13. The van der Waals surface area contributed by atoms with Crippen LogP contribution in [0.25, 0.3) is 6.08 Å². The van der Waals surface area contributed by atoms with Crippen LogP contribution in [0.1, 0.15) is 35.8 Å².